The van der Waals surface area contributed by atoms with Crippen molar-refractivity contribution in [2.75, 3.05) is 23.9 Å². The molecule has 8 nitrogen and oxygen atoms in total. The molecule has 2 N–H and O–H groups in total. The van der Waals surface area contributed by atoms with Gasteiger partial charge < -0.3 is 15.0 Å². The number of aromatic nitrogens is 4. The monoisotopic (exact) mass is 384 g/mol. The van der Waals surface area contributed by atoms with Gasteiger partial charge in [-0.1, -0.05) is 20.8 Å². The van der Waals surface area contributed by atoms with Crippen molar-refractivity contribution < 1.29 is 9.53 Å². The van der Waals surface area contributed by atoms with Crippen molar-refractivity contribution in [2.24, 2.45) is 0 Å². The van der Waals surface area contributed by atoms with Gasteiger partial charge in [0.15, 0.2) is 5.82 Å². The molecule has 1 atom stereocenters. The van der Waals surface area contributed by atoms with Gasteiger partial charge in [-0.05, 0) is 32.1 Å². The summed E-state index contributed by atoms with van der Waals surface area (Å²) in [5, 5.41) is 10.9. The van der Waals surface area contributed by atoms with E-state index in [9.17, 15) is 4.79 Å². The summed E-state index contributed by atoms with van der Waals surface area (Å²) in [5.41, 5.74) is 3.27. The molecule has 1 aliphatic carbocycles. The van der Waals surface area contributed by atoms with Crippen LogP contribution in [0.5, 0.6) is 0 Å². The SMILES string of the molecule is COC(=O)[C@@H]1CCCN1c1nc2c(c(Nc3cc(C(C)(C)C)[nH]n3)n1)CCC2. The molecule has 28 heavy (non-hydrogen) atoms. The quantitative estimate of drug-likeness (QED) is 0.783. The van der Waals surface area contributed by atoms with E-state index >= 15 is 0 Å². The first kappa shape index (κ1) is 18.7. The fourth-order valence-electron chi connectivity index (χ4n) is 3.93. The van der Waals surface area contributed by atoms with E-state index in [1.54, 1.807) is 0 Å². The van der Waals surface area contributed by atoms with E-state index in [1.165, 1.54) is 7.11 Å². The molecule has 8 heteroatoms. The Bertz CT molecular complexity index is 885. The highest BCUT2D eigenvalue weighted by atomic mass is 16.5. The minimum absolute atomic E-state index is 0.00496. The van der Waals surface area contributed by atoms with Crippen molar-refractivity contribution in [3.8, 4) is 0 Å². The molecule has 0 unspecified atom stereocenters. The number of hydrogen-bond donors (Lipinski definition) is 2. The predicted octanol–water partition coefficient (Wildman–Crippen LogP) is 2.87. The molecular formula is C20H28N6O2. The summed E-state index contributed by atoms with van der Waals surface area (Å²) in [5.74, 6) is 1.91. The lowest BCUT2D eigenvalue weighted by molar-refractivity contribution is -0.141. The molecule has 0 bridgehead atoms. The number of carbonyl (C=O) groups is 1. The van der Waals surface area contributed by atoms with Crippen molar-refractivity contribution in [1.82, 2.24) is 20.2 Å². The Morgan fingerprint density at radius 3 is 2.82 bits per heavy atom. The maximum absolute atomic E-state index is 12.2. The fraction of sp³-hybridized carbons (Fsp3) is 0.600. The largest absolute Gasteiger partial charge is 0.467 e. The number of methoxy groups -OCH3 is 1. The number of fused-ring (bicyclic) bond motifs is 1. The van der Waals surface area contributed by atoms with Gasteiger partial charge in [-0.15, -0.1) is 0 Å². The van der Waals surface area contributed by atoms with Crippen molar-refractivity contribution in [1.29, 1.82) is 0 Å². The normalized spacial score (nSPS) is 19.0. The smallest absolute Gasteiger partial charge is 0.328 e. The lowest BCUT2D eigenvalue weighted by atomic mass is 9.92. The number of nitrogens with one attached hydrogen (secondary N) is 2. The first-order valence-electron chi connectivity index (χ1n) is 9.94. The summed E-state index contributed by atoms with van der Waals surface area (Å²) in [6, 6.07) is 1.71. The van der Waals surface area contributed by atoms with Gasteiger partial charge >= 0.3 is 5.97 Å². The first-order valence-corrected chi connectivity index (χ1v) is 9.94. The zero-order chi connectivity index (χ0) is 19.9. The van der Waals surface area contributed by atoms with Crippen LogP contribution in [-0.4, -0.2) is 45.8 Å². The number of aromatic amines is 1. The molecule has 2 aliphatic rings. The van der Waals surface area contributed by atoms with Crippen LogP contribution in [0.3, 0.4) is 0 Å². The van der Waals surface area contributed by atoms with Crippen LogP contribution in [0.15, 0.2) is 6.07 Å². The second-order valence-corrected chi connectivity index (χ2v) is 8.57. The highest BCUT2D eigenvalue weighted by Gasteiger charge is 2.34. The van der Waals surface area contributed by atoms with Gasteiger partial charge in [0.05, 0.1) is 12.8 Å². The molecule has 1 fully saturated rings. The van der Waals surface area contributed by atoms with Crippen molar-refractivity contribution in [3.05, 3.63) is 23.0 Å². The van der Waals surface area contributed by atoms with Gasteiger partial charge in [0, 0.05) is 29.3 Å². The van der Waals surface area contributed by atoms with Gasteiger partial charge in [-0.25, -0.2) is 9.78 Å². The average Bonchev–Trinajstić information content (AvgIpc) is 3.39. The topological polar surface area (TPSA) is 96.0 Å². The van der Waals surface area contributed by atoms with E-state index in [0.717, 1.165) is 67.2 Å². The number of H-pyrrole nitrogens is 1. The van der Waals surface area contributed by atoms with Crippen LogP contribution in [0, 0.1) is 0 Å². The predicted molar refractivity (Wildman–Crippen MR) is 107 cm³/mol. The summed E-state index contributed by atoms with van der Waals surface area (Å²) in [6.45, 7) is 7.19. The van der Waals surface area contributed by atoms with E-state index in [0.29, 0.717) is 5.95 Å². The van der Waals surface area contributed by atoms with E-state index in [4.69, 9.17) is 14.7 Å². The highest BCUT2D eigenvalue weighted by molar-refractivity contribution is 5.80. The minimum atomic E-state index is -0.310. The molecule has 3 heterocycles. The molecule has 1 saturated heterocycles. The number of esters is 1. The maximum Gasteiger partial charge on any atom is 0.328 e. The van der Waals surface area contributed by atoms with Crippen LogP contribution in [0.25, 0.3) is 0 Å². The number of aryl methyl sites for hydroxylation is 1. The highest BCUT2D eigenvalue weighted by Crippen LogP contribution is 2.33. The molecule has 0 spiro atoms. The van der Waals surface area contributed by atoms with Crippen LogP contribution in [-0.2, 0) is 27.8 Å². The van der Waals surface area contributed by atoms with E-state index in [2.05, 4.69) is 36.3 Å². The molecule has 2 aromatic heterocycles. The number of anilines is 3. The molecule has 4 rings (SSSR count). The third-order valence-electron chi connectivity index (χ3n) is 5.54. The van der Waals surface area contributed by atoms with Gasteiger partial charge in [0.25, 0.3) is 0 Å². The average molecular weight is 384 g/mol. The second kappa shape index (κ2) is 7.07. The number of nitrogens with zero attached hydrogens (tertiary/aromatic N) is 4. The van der Waals surface area contributed by atoms with E-state index in [1.807, 2.05) is 11.0 Å². The van der Waals surface area contributed by atoms with Crippen LogP contribution >= 0.6 is 0 Å². The number of carbonyl (C=O) groups excluding carboxylic acids is 1. The summed E-state index contributed by atoms with van der Waals surface area (Å²) in [4.78, 5) is 23.7. The number of rotatable bonds is 4. The number of ether oxygens (including phenoxy) is 1. The Hall–Kier alpha value is -2.64. The van der Waals surface area contributed by atoms with E-state index in [-0.39, 0.29) is 17.4 Å². The Morgan fingerprint density at radius 2 is 2.11 bits per heavy atom. The molecule has 2 aromatic rings. The van der Waals surface area contributed by atoms with Gasteiger partial charge in [0.2, 0.25) is 5.95 Å². The summed E-state index contributed by atoms with van der Waals surface area (Å²) < 4.78 is 4.97. The Labute approximate surface area is 165 Å². The van der Waals surface area contributed by atoms with Crippen molar-refractivity contribution >= 4 is 23.6 Å². The lowest BCUT2D eigenvalue weighted by Gasteiger charge is -2.24. The fourth-order valence-corrected chi connectivity index (χ4v) is 3.93. The molecule has 150 valence electrons. The second-order valence-electron chi connectivity index (χ2n) is 8.57. The Kier molecular flexibility index (Phi) is 4.72. The van der Waals surface area contributed by atoms with Crippen LogP contribution in [0.2, 0.25) is 0 Å². The van der Waals surface area contributed by atoms with Crippen molar-refractivity contribution in [2.45, 2.75) is 64.3 Å². The number of hydrogen-bond acceptors (Lipinski definition) is 7. The third-order valence-corrected chi connectivity index (χ3v) is 5.54. The van der Waals surface area contributed by atoms with Crippen LogP contribution < -0.4 is 10.2 Å². The minimum Gasteiger partial charge on any atom is -0.467 e. The van der Waals surface area contributed by atoms with Gasteiger partial charge in [-0.3, -0.25) is 5.10 Å². The standard InChI is InChI=1S/C20H28N6O2/c1-20(2,3)15-11-16(25-24-15)22-17-12-7-5-8-13(12)21-19(23-17)26-10-6-9-14(26)18(27)28-4/h11,14H,5-10H2,1-4H3,(H2,21,22,23,24,25)/t14-/m0/s1. The lowest BCUT2D eigenvalue weighted by Crippen LogP contribution is -2.38. The summed E-state index contributed by atoms with van der Waals surface area (Å²) >= 11 is 0. The molecule has 0 radical (unpaired) electrons. The van der Waals surface area contributed by atoms with Crippen LogP contribution in [0.1, 0.15) is 57.0 Å². The summed E-state index contributed by atoms with van der Waals surface area (Å²) in [6.07, 6.45) is 4.65. The third kappa shape index (κ3) is 3.43. The van der Waals surface area contributed by atoms with Gasteiger partial charge in [0.1, 0.15) is 11.9 Å². The maximum atomic E-state index is 12.2. The van der Waals surface area contributed by atoms with Crippen LogP contribution in [0.4, 0.5) is 17.6 Å². The van der Waals surface area contributed by atoms with Crippen molar-refractivity contribution in [3.63, 3.8) is 0 Å². The molecular weight excluding hydrogens is 356 g/mol. The molecule has 0 amide bonds. The summed E-state index contributed by atoms with van der Waals surface area (Å²) in [7, 11) is 1.43. The Morgan fingerprint density at radius 1 is 1.29 bits per heavy atom. The first-order chi connectivity index (χ1) is 13.4. The molecule has 0 aromatic carbocycles. The molecule has 0 saturated carbocycles. The Balaban J connectivity index is 1.66. The molecule has 1 aliphatic heterocycles. The van der Waals surface area contributed by atoms with Gasteiger partial charge in [-0.2, -0.15) is 10.1 Å². The zero-order valence-electron chi connectivity index (χ0n) is 17.0. The van der Waals surface area contributed by atoms with E-state index < -0.39 is 0 Å². The zero-order valence-corrected chi connectivity index (χ0v) is 17.0.